The van der Waals surface area contributed by atoms with Crippen molar-refractivity contribution < 1.29 is 19.0 Å². The zero-order chi connectivity index (χ0) is 16.9. The number of benzene rings is 2. The lowest BCUT2D eigenvalue weighted by atomic mass is 10.1. The normalized spacial score (nSPS) is 18.8. The Morgan fingerprint density at radius 1 is 1.12 bits per heavy atom. The molecule has 126 valence electrons. The average molecular weight is 326 g/mol. The van der Waals surface area contributed by atoms with Crippen LogP contribution in [0.2, 0.25) is 0 Å². The second kappa shape index (κ2) is 7.39. The molecular formula is C20H22O4. The number of esters is 1. The van der Waals surface area contributed by atoms with Crippen LogP contribution in [0.3, 0.4) is 0 Å². The minimum Gasteiger partial charge on any atom is -0.489 e. The van der Waals surface area contributed by atoms with E-state index in [1.807, 2.05) is 43.3 Å². The molecule has 4 heteroatoms. The first kappa shape index (κ1) is 16.4. The number of carbonyl (C=O) groups excluding carboxylic acids is 1. The minimum atomic E-state index is -0.172. The number of hydrogen-bond acceptors (Lipinski definition) is 4. The summed E-state index contributed by atoms with van der Waals surface area (Å²) >= 11 is 0. The summed E-state index contributed by atoms with van der Waals surface area (Å²) in [6.45, 7) is 4.79. The molecule has 0 N–H and O–H groups in total. The molecule has 1 unspecified atom stereocenters. The van der Waals surface area contributed by atoms with E-state index in [-0.39, 0.29) is 18.0 Å². The topological polar surface area (TPSA) is 44.8 Å². The Balaban J connectivity index is 1.54. The molecule has 0 spiro atoms. The van der Waals surface area contributed by atoms with E-state index in [9.17, 15) is 4.79 Å². The van der Waals surface area contributed by atoms with Gasteiger partial charge in [0, 0.05) is 12.5 Å². The molecule has 2 aromatic carbocycles. The molecule has 0 heterocycles. The van der Waals surface area contributed by atoms with Gasteiger partial charge < -0.3 is 14.2 Å². The van der Waals surface area contributed by atoms with Gasteiger partial charge in [-0.1, -0.05) is 35.9 Å². The SMILES string of the molecule is CCOC(=O)C1C[C@H]1Oc1cccc(OCc2cccc(C)c2)c1. The van der Waals surface area contributed by atoms with Crippen LogP contribution < -0.4 is 9.47 Å². The van der Waals surface area contributed by atoms with Crippen LogP contribution in [-0.4, -0.2) is 18.7 Å². The number of aryl methyl sites for hydroxylation is 1. The van der Waals surface area contributed by atoms with Crippen LogP contribution in [0, 0.1) is 12.8 Å². The standard InChI is InChI=1S/C20H22O4/c1-3-22-20(21)18-12-19(18)24-17-9-5-8-16(11-17)23-13-15-7-4-6-14(2)10-15/h4-11,18-19H,3,12-13H2,1-2H3/t18?,19-/m1/s1. The Bertz CT molecular complexity index is 710. The first-order valence-electron chi connectivity index (χ1n) is 8.27. The number of hydrogen-bond donors (Lipinski definition) is 0. The van der Waals surface area contributed by atoms with Crippen LogP contribution in [0.15, 0.2) is 48.5 Å². The second-order valence-electron chi connectivity index (χ2n) is 6.00. The Hall–Kier alpha value is -2.49. The lowest BCUT2D eigenvalue weighted by molar-refractivity contribution is -0.145. The Morgan fingerprint density at radius 2 is 1.92 bits per heavy atom. The Kier molecular flexibility index (Phi) is 5.04. The van der Waals surface area contributed by atoms with Gasteiger partial charge in [0.25, 0.3) is 0 Å². The fraction of sp³-hybridized carbons (Fsp3) is 0.350. The molecule has 1 aliphatic carbocycles. The van der Waals surface area contributed by atoms with Crippen molar-refractivity contribution in [2.45, 2.75) is 33.0 Å². The molecule has 0 bridgehead atoms. The van der Waals surface area contributed by atoms with Crippen LogP contribution in [0.5, 0.6) is 11.5 Å². The lowest BCUT2D eigenvalue weighted by Crippen LogP contribution is -2.12. The van der Waals surface area contributed by atoms with Gasteiger partial charge in [-0.15, -0.1) is 0 Å². The van der Waals surface area contributed by atoms with Gasteiger partial charge in [0.05, 0.1) is 12.5 Å². The summed E-state index contributed by atoms with van der Waals surface area (Å²) in [5.41, 5.74) is 2.35. The number of carbonyl (C=O) groups is 1. The summed E-state index contributed by atoms with van der Waals surface area (Å²) in [5, 5.41) is 0. The molecule has 24 heavy (non-hydrogen) atoms. The van der Waals surface area contributed by atoms with Crippen LogP contribution in [0.25, 0.3) is 0 Å². The van der Waals surface area contributed by atoms with Crippen molar-refractivity contribution in [3.63, 3.8) is 0 Å². The van der Waals surface area contributed by atoms with Crippen LogP contribution in [0.1, 0.15) is 24.5 Å². The fourth-order valence-corrected chi connectivity index (χ4v) is 2.58. The van der Waals surface area contributed by atoms with Crippen molar-refractivity contribution in [2.24, 2.45) is 5.92 Å². The number of rotatable bonds is 7. The summed E-state index contributed by atoms with van der Waals surface area (Å²) in [6, 6.07) is 15.8. The maximum absolute atomic E-state index is 11.6. The number of ether oxygens (including phenoxy) is 3. The summed E-state index contributed by atoms with van der Waals surface area (Å²) < 4.78 is 16.7. The van der Waals surface area contributed by atoms with E-state index in [0.29, 0.717) is 25.4 Å². The van der Waals surface area contributed by atoms with Crippen molar-refractivity contribution in [1.29, 1.82) is 0 Å². The maximum Gasteiger partial charge on any atom is 0.312 e. The zero-order valence-corrected chi connectivity index (χ0v) is 14.0. The van der Waals surface area contributed by atoms with Crippen LogP contribution >= 0.6 is 0 Å². The van der Waals surface area contributed by atoms with Gasteiger partial charge in [-0.3, -0.25) is 4.79 Å². The van der Waals surface area contributed by atoms with E-state index >= 15 is 0 Å². The summed E-state index contributed by atoms with van der Waals surface area (Å²) in [4.78, 5) is 11.6. The highest BCUT2D eigenvalue weighted by atomic mass is 16.5. The van der Waals surface area contributed by atoms with Crippen molar-refractivity contribution in [2.75, 3.05) is 6.61 Å². The van der Waals surface area contributed by atoms with Crippen molar-refractivity contribution in [3.8, 4) is 11.5 Å². The van der Waals surface area contributed by atoms with E-state index < -0.39 is 0 Å². The third-order valence-corrected chi connectivity index (χ3v) is 3.90. The fourth-order valence-electron chi connectivity index (χ4n) is 2.58. The molecule has 2 atom stereocenters. The predicted octanol–water partition coefficient (Wildman–Crippen LogP) is 3.90. The van der Waals surface area contributed by atoms with Crippen molar-refractivity contribution >= 4 is 5.97 Å². The van der Waals surface area contributed by atoms with E-state index in [4.69, 9.17) is 14.2 Å². The Labute approximate surface area is 142 Å². The summed E-state index contributed by atoms with van der Waals surface area (Å²) in [6.07, 6.45) is 0.629. The molecule has 3 rings (SSSR count). The van der Waals surface area contributed by atoms with E-state index in [2.05, 4.69) is 19.1 Å². The van der Waals surface area contributed by atoms with Gasteiger partial charge in [-0.25, -0.2) is 0 Å². The highest BCUT2D eigenvalue weighted by Gasteiger charge is 2.46. The molecule has 1 aliphatic rings. The van der Waals surface area contributed by atoms with E-state index in [1.54, 1.807) is 0 Å². The summed E-state index contributed by atoms with van der Waals surface area (Å²) in [7, 11) is 0. The highest BCUT2D eigenvalue weighted by Crippen LogP contribution is 2.36. The zero-order valence-electron chi connectivity index (χ0n) is 14.0. The first-order valence-corrected chi connectivity index (χ1v) is 8.27. The predicted molar refractivity (Wildman–Crippen MR) is 91.1 cm³/mol. The van der Waals surface area contributed by atoms with Crippen molar-refractivity contribution in [3.05, 3.63) is 59.7 Å². The third kappa shape index (κ3) is 4.28. The molecule has 0 aromatic heterocycles. The van der Waals surface area contributed by atoms with Gasteiger partial charge in [-0.2, -0.15) is 0 Å². The molecular weight excluding hydrogens is 304 g/mol. The molecule has 1 fully saturated rings. The largest absolute Gasteiger partial charge is 0.489 e. The van der Waals surface area contributed by atoms with E-state index in [0.717, 1.165) is 11.3 Å². The van der Waals surface area contributed by atoms with Gasteiger partial charge in [-0.05, 0) is 31.5 Å². The average Bonchev–Trinajstić information content (AvgIpc) is 3.33. The molecule has 2 aromatic rings. The Morgan fingerprint density at radius 3 is 2.71 bits per heavy atom. The maximum atomic E-state index is 11.6. The monoisotopic (exact) mass is 326 g/mol. The minimum absolute atomic E-state index is 0.0870. The van der Waals surface area contributed by atoms with Gasteiger partial charge in [0.2, 0.25) is 0 Å². The van der Waals surface area contributed by atoms with Gasteiger partial charge in [0.15, 0.2) is 0 Å². The van der Waals surface area contributed by atoms with Crippen LogP contribution in [-0.2, 0) is 16.1 Å². The van der Waals surface area contributed by atoms with Crippen LogP contribution in [0.4, 0.5) is 0 Å². The van der Waals surface area contributed by atoms with Gasteiger partial charge in [0.1, 0.15) is 24.2 Å². The molecule has 0 aliphatic heterocycles. The van der Waals surface area contributed by atoms with Crippen molar-refractivity contribution in [1.82, 2.24) is 0 Å². The third-order valence-electron chi connectivity index (χ3n) is 3.90. The second-order valence-corrected chi connectivity index (χ2v) is 6.00. The summed E-state index contributed by atoms with van der Waals surface area (Å²) in [5.74, 6) is 1.16. The molecule has 0 saturated heterocycles. The first-order chi connectivity index (χ1) is 11.7. The van der Waals surface area contributed by atoms with E-state index in [1.165, 1.54) is 5.56 Å². The molecule has 0 radical (unpaired) electrons. The van der Waals surface area contributed by atoms with Gasteiger partial charge >= 0.3 is 5.97 Å². The highest BCUT2D eigenvalue weighted by molar-refractivity contribution is 5.76. The lowest BCUT2D eigenvalue weighted by Gasteiger charge is -2.10. The molecule has 0 amide bonds. The molecule has 4 nitrogen and oxygen atoms in total. The molecule has 1 saturated carbocycles. The smallest absolute Gasteiger partial charge is 0.312 e. The quantitative estimate of drug-likeness (QED) is 0.724.